The van der Waals surface area contributed by atoms with Gasteiger partial charge in [0.2, 0.25) is 0 Å². The molecule has 4 nitrogen and oxygen atoms in total. The standard InChI is InChI=1S/C5H.2CO.F6P.Mn.NO/c1-2-4-5-3-1;2*1-2;1-7(2,3,4,5)6;;1-2/h1H;;;;;/q-5;;;-1;;+1. The molecule has 0 bridgehead atoms. The van der Waals surface area contributed by atoms with E-state index >= 15 is 0 Å². The summed E-state index contributed by atoms with van der Waals surface area (Å²) in [5.41, 5.74) is 5.75. The van der Waals surface area contributed by atoms with Crippen LogP contribution in [0.5, 0.6) is 0 Å². The third-order valence-corrected chi connectivity index (χ3v) is 0.351. The molecule has 0 atom stereocenters. The number of halogens is 6. The van der Waals surface area contributed by atoms with Crippen LogP contribution in [0.3, 0.4) is 0 Å². The minimum Gasteiger partial charge on any atom is -0.999 e. The Kier molecular flexibility index (Phi) is 19.6. The Morgan fingerprint density at radius 1 is 0.789 bits per heavy atom. The van der Waals surface area contributed by atoms with Gasteiger partial charge in [0.15, 0.2) is 0 Å². The smallest absolute Gasteiger partial charge is 0 e. The molecule has 0 unspecified atom stereocenters. The van der Waals surface area contributed by atoms with Gasteiger partial charge in [0.1, 0.15) is 0 Å². The molecular formula is C7HF6MnNO3P-5. The maximum absolute atomic E-state index is 10.7. The third-order valence-electron chi connectivity index (χ3n) is 0.351. The van der Waals surface area contributed by atoms with Gasteiger partial charge in [-0.25, -0.2) is 0 Å². The molecule has 0 fully saturated rings. The van der Waals surface area contributed by atoms with Gasteiger partial charge < -0.3 is 30.3 Å². The molecule has 1 radical (unpaired) electrons. The van der Waals surface area contributed by atoms with Crippen LogP contribution in [0, 0.1) is 43.0 Å². The van der Waals surface area contributed by atoms with Crippen LogP contribution in [-0.4, -0.2) is 0 Å². The molecule has 0 aliphatic rings. The molecule has 1 aromatic rings. The zero-order chi connectivity index (χ0) is 15.9. The van der Waals surface area contributed by atoms with Crippen molar-refractivity contribution in [2.75, 3.05) is 0 Å². The summed E-state index contributed by atoms with van der Waals surface area (Å²) in [5.74, 6) is 0. The molecule has 1 rings (SSSR count). The fourth-order valence-electron chi connectivity index (χ4n) is 0.180. The average molecular weight is 347 g/mol. The first-order chi connectivity index (χ1) is 7.95. The molecule has 111 valence electrons. The largest absolute Gasteiger partial charge is 0.999 e. The second-order valence-corrected chi connectivity index (χ2v) is 3.56. The van der Waals surface area contributed by atoms with Crippen molar-refractivity contribution in [1.29, 1.82) is 5.46 Å². The van der Waals surface area contributed by atoms with Crippen molar-refractivity contribution in [3.8, 4) is 0 Å². The van der Waals surface area contributed by atoms with Gasteiger partial charge in [-0.1, -0.05) is 0 Å². The molecule has 0 aliphatic heterocycles. The molecule has 12 heteroatoms. The minimum atomic E-state index is -10.7. The maximum atomic E-state index is 9.87. The molecule has 0 amide bonds. The normalized spacial score (nSPS) is 10.9. The zero-order valence-corrected chi connectivity index (χ0v) is 10.4. The van der Waals surface area contributed by atoms with Crippen LogP contribution in [0.4, 0.5) is 25.2 Å². The summed E-state index contributed by atoms with van der Waals surface area (Å²) in [4.78, 5) is 0. The van der Waals surface area contributed by atoms with E-state index in [0.717, 1.165) is 0 Å². The molecule has 0 saturated carbocycles. The molecule has 19 heavy (non-hydrogen) atoms. The van der Waals surface area contributed by atoms with Gasteiger partial charge in [-0.15, -0.1) is 0 Å². The SMILES string of the molecule is F[P-](F)(F)(F)(F)F.N#[O+].[C-]#[O+].[C-]#[O+].[Mn].[c-]1[c-][c-][cH-][c-]1. The van der Waals surface area contributed by atoms with Crippen molar-refractivity contribution >= 4 is 7.81 Å². The van der Waals surface area contributed by atoms with Crippen LogP contribution in [0.25, 0.3) is 0 Å². The van der Waals surface area contributed by atoms with Crippen LogP contribution in [0.1, 0.15) is 0 Å². The van der Waals surface area contributed by atoms with E-state index in [2.05, 4.69) is 37.6 Å². The van der Waals surface area contributed by atoms with Crippen LogP contribution in [-0.2, 0) is 31.1 Å². The fraction of sp³-hybridized carbons (Fsp3) is 0. The second kappa shape index (κ2) is 12.1. The molecule has 0 saturated heterocycles. The molecule has 0 aliphatic carbocycles. The first kappa shape index (κ1) is 30.8. The quantitative estimate of drug-likeness (QED) is 0.231. The summed E-state index contributed by atoms with van der Waals surface area (Å²) in [6.45, 7) is 9.00. The summed E-state index contributed by atoms with van der Waals surface area (Å²) in [6, 6.07) is 12.0. The molecule has 1 aromatic carbocycles. The van der Waals surface area contributed by atoms with E-state index in [4.69, 9.17) is 19.5 Å². The first-order valence-electron chi connectivity index (χ1n) is 2.93. The van der Waals surface area contributed by atoms with Crippen molar-refractivity contribution in [3.05, 3.63) is 43.6 Å². The van der Waals surface area contributed by atoms with Gasteiger partial charge in [-0.3, -0.25) is 0 Å². The van der Waals surface area contributed by atoms with Crippen molar-refractivity contribution in [2.45, 2.75) is 0 Å². The van der Waals surface area contributed by atoms with Gasteiger partial charge in [-0.2, -0.15) is 0 Å². The van der Waals surface area contributed by atoms with Crippen molar-refractivity contribution in [3.63, 3.8) is 0 Å². The minimum absolute atomic E-state index is 0. The van der Waals surface area contributed by atoms with Gasteiger partial charge >= 0.3 is 65.8 Å². The molecular weight excluding hydrogens is 346 g/mol. The number of hydrogen-bond acceptors (Lipinski definition) is 1. The topological polar surface area (TPSA) is 83.5 Å². The number of nitrogens with zero attached hydrogens (tertiary/aromatic N) is 1. The summed E-state index contributed by atoms with van der Waals surface area (Å²) in [6.07, 6.45) is 0. The summed E-state index contributed by atoms with van der Waals surface area (Å²) >= 11 is 0. The Bertz CT molecular complexity index is 300. The van der Waals surface area contributed by atoms with E-state index in [0.29, 0.717) is 0 Å². The van der Waals surface area contributed by atoms with Crippen LogP contribution < -0.4 is 0 Å². The predicted molar refractivity (Wildman–Crippen MR) is 41.2 cm³/mol. The van der Waals surface area contributed by atoms with Gasteiger partial charge in [-0.05, 0) is 0 Å². The van der Waals surface area contributed by atoms with E-state index in [1.54, 1.807) is 6.07 Å². The first-order valence-corrected chi connectivity index (χ1v) is 4.96. The average Bonchev–Trinajstić information content (AvgIpc) is 2.79. The molecule has 0 heterocycles. The third kappa shape index (κ3) is 237. The van der Waals surface area contributed by atoms with E-state index in [1.165, 1.54) is 0 Å². The summed E-state index contributed by atoms with van der Waals surface area (Å²) in [5, 5.41) is 0. The van der Waals surface area contributed by atoms with Crippen molar-refractivity contribution in [1.82, 2.24) is 0 Å². The number of rotatable bonds is 0. The molecule has 0 N–H and O–H groups in total. The maximum Gasteiger partial charge on any atom is 0 e. The van der Waals surface area contributed by atoms with Gasteiger partial charge in [0, 0.05) is 17.1 Å². The van der Waals surface area contributed by atoms with E-state index < -0.39 is 7.81 Å². The van der Waals surface area contributed by atoms with E-state index in [9.17, 15) is 25.2 Å². The fourth-order valence-corrected chi connectivity index (χ4v) is 0.180. The van der Waals surface area contributed by atoms with Gasteiger partial charge in [0.25, 0.3) is 0 Å². The Morgan fingerprint density at radius 3 is 1.00 bits per heavy atom. The predicted octanol–water partition coefficient (Wildman–Crippen LogP) is 3.81. The van der Waals surface area contributed by atoms with Crippen molar-refractivity contribution < 1.29 is 56.3 Å². The van der Waals surface area contributed by atoms with Crippen LogP contribution in [0.15, 0.2) is 6.07 Å². The number of hydrogen-bond donors (Lipinski definition) is 0. The van der Waals surface area contributed by atoms with Crippen LogP contribution in [0.2, 0.25) is 0 Å². The Morgan fingerprint density at radius 2 is 0.947 bits per heavy atom. The van der Waals surface area contributed by atoms with Crippen molar-refractivity contribution in [2.24, 2.45) is 0 Å². The summed E-state index contributed by atoms with van der Waals surface area (Å²) < 4.78 is 81.4. The van der Waals surface area contributed by atoms with E-state index in [-0.39, 0.29) is 17.1 Å². The van der Waals surface area contributed by atoms with Gasteiger partial charge in [0.05, 0.1) is 0 Å². The van der Waals surface area contributed by atoms with E-state index in [1.807, 2.05) is 0 Å². The zero-order valence-electron chi connectivity index (χ0n) is 8.34. The molecule has 0 aromatic heterocycles. The van der Waals surface area contributed by atoms with Crippen LogP contribution >= 0.6 is 7.81 Å². The Balaban J connectivity index is -0.0000000482. The Labute approximate surface area is 114 Å². The molecule has 0 spiro atoms. The summed E-state index contributed by atoms with van der Waals surface area (Å²) in [7, 11) is -10.7. The monoisotopic (exact) mass is 347 g/mol. The second-order valence-electron chi connectivity index (χ2n) is 1.64. The Hall–Kier alpha value is -0.971.